The highest BCUT2D eigenvalue weighted by molar-refractivity contribution is 7.88. The van der Waals surface area contributed by atoms with Gasteiger partial charge >= 0.3 is 0 Å². The van der Waals surface area contributed by atoms with Crippen molar-refractivity contribution in [3.8, 4) is 6.07 Å². The average molecular weight is 335 g/mol. The zero-order chi connectivity index (χ0) is 16.9. The van der Waals surface area contributed by atoms with E-state index in [1.807, 2.05) is 13.0 Å². The van der Waals surface area contributed by atoms with E-state index in [1.165, 1.54) is 12.8 Å². The predicted octanol–water partition coefficient (Wildman–Crippen LogP) is 2.10. The monoisotopic (exact) mass is 335 g/mol. The minimum Gasteiger partial charge on any atom is -0.301 e. The highest BCUT2D eigenvalue weighted by Crippen LogP contribution is 2.15. The van der Waals surface area contributed by atoms with E-state index in [0.29, 0.717) is 17.0 Å². The Balaban J connectivity index is 1.90. The van der Waals surface area contributed by atoms with E-state index in [0.717, 1.165) is 19.6 Å². The summed E-state index contributed by atoms with van der Waals surface area (Å²) in [6, 6.07) is 8.64. The van der Waals surface area contributed by atoms with Crippen molar-refractivity contribution in [3.63, 3.8) is 0 Å². The molecule has 1 aliphatic heterocycles. The van der Waals surface area contributed by atoms with E-state index in [-0.39, 0.29) is 11.8 Å². The van der Waals surface area contributed by atoms with Gasteiger partial charge in [0.1, 0.15) is 0 Å². The zero-order valence-corrected chi connectivity index (χ0v) is 14.6. The second-order valence-corrected chi connectivity index (χ2v) is 8.35. The van der Waals surface area contributed by atoms with Crippen molar-refractivity contribution in [2.24, 2.45) is 5.92 Å². The first-order chi connectivity index (χ1) is 10.9. The summed E-state index contributed by atoms with van der Waals surface area (Å²) in [5.74, 6) is 0.588. The van der Waals surface area contributed by atoms with E-state index in [4.69, 9.17) is 5.26 Å². The molecule has 5 nitrogen and oxygen atoms in total. The molecule has 1 aromatic rings. The molecule has 0 radical (unpaired) electrons. The van der Waals surface area contributed by atoms with Crippen LogP contribution >= 0.6 is 0 Å². The third-order valence-electron chi connectivity index (χ3n) is 4.07. The molecule has 1 saturated heterocycles. The van der Waals surface area contributed by atoms with E-state index in [1.54, 1.807) is 24.3 Å². The third kappa shape index (κ3) is 5.94. The number of nitrogens with one attached hydrogen (secondary N) is 1. The van der Waals surface area contributed by atoms with Gasteiger partial charge in [-0.15, -0.1) is 0 Å². The van der Waals surface area contributed by atoms with Crippen LogP contribution < -0.4 is 4.72 Å². The van der Waals surface area contributed by atoms with E-state index >= 15 is 0 Å². The van der Waals surface area contributed by atoms with Gasteiger partial charge in [-0.25, -0.2) is 13.1 Å². The molecule has 1 N–H and O–H groups in total. The van der Waals surface area contributed by atoms with Crippen molar-refractivity contribution in [3.05, 3.63) is 35.4 Å². The lowest BCUT2D eigenvalue weighted by Gasteiger charge is -2.32. The fraction of sp³-hybridized carbons (Fsp3) is 0.588. The van der Waals surface area contributed by atoms with Crippen LogP contribution in [0.2, 0.25) is 0 Å². The number of nitriles is 1. The molecule has 0 bridgehead atoms. The van der Waals surface area contributed by atoms with Crippen molar-refractivity contribution in [1.82, 2.24) is 9.62 Å². The van der Waals surface area contributed by atoms with Crippen LogP contribution in [-0.2, 0) is 15.8 Å². The molecule has 0 aliphatic carbocycles. The van der Waals surface area contributed by atoms with Gasteiger partial charge in [-0.05, 0) is 49.9 Å². The Morgan fingerprint density at radius 2 is 2.26 bits per heavy atom. The normalized spacial score (nSPS) is 20.8. The summed E-state index contributed by atoms with van der Waals surface area (Å²) >= 11 is 0. The molecule has 1 aliphatic rings. The number of likely N-dealkylation sites (tertiary alicyclic amines) is 1. The fourth-order valence-electron chi connectivity index (χ4n) is 3.18. The Morgan fingerprint density at radius 3 is 2.96 bits per heavy atom. The van der Waals surface area contributed by atoms with Crippen LogP contribution in [0.4, 0.5) is 0 Å². The second kappa shape index (κ2) is 7.91. The molecule has 0 aromatic heterocycles. The molecule has 6 heteroatoms. The van der Waals surface area contributed by atoms with Crippen LogP contribution in [0.1, 0.15) is 37.8 Å². The Labute approximate surface area is 139 Å². The molecule has 2 atom stereocenters. The molecule has 126 valence electrons. The minimum atomic E-state index is -3.41. The Bertz CT molecular complexity index is 667. The number of rotatable bonds is 6. The summed E-state index contributed by atoms with van der Waals surface area (Å²) in [6.07, 6.45) is 2.44. The maximum Gasteiger partial charge on any atom is 0.216 e. The van der Waals surface area contributed by atoms with Crippen LogP contribution in [0.25, 0.3) is 0 Å². The Hall–Kier alpha value is -1.42. The molecule has 1 aromatic carbocycles. The SMILES string of the molecule is C[C@H]1CCCN(C[C@H](C)NS(=O)(=O)Cc2cccc(C#N)c2)C1. The Morgan fingerprint density at radius 1 is 1.48 bits per heavy atom. The summed E-state index contributed by atoms with van der Waals surface area (Å²) in [5, 5.41) is 8.89. The van der Waals surface area contributed by atoms with Crippen LogP contribution in [-0.4, -0.2) is 39.0 Å². The van der Waals surface area contributed by atoms with Gasteiger partial charge in [0, 0.05) is 19.1 Å². The van der Waals surface area contributed by atoms with Gasteiger partial charge in [0.25, 0.3) is 0 Å². The van der Waals surface area contributed by atoms with Gasteiger partial charge in [0.15, 0.2) is 0 Å². The van der Waals surface area contributed by atoms with Crippen LogP contribution in [0.3, 0.4) is 0 Å². The van der Waals surface area contributed by atoms with Gasteiger partial charge in [-0.3, -0.25) is 0 Å². The van der Waals surface area contributed by atoms with Gasteiger partial charge in [-0.1, -0.05) is 19.1 Å². The van der Waals surface area contributed by atoms with Crippen LogP contribution in [0.5, 0.6) is 0 Å². The molecule has 23 heavy (non-hydrogen) atoms. The standard InChI is InChI=1S/C17H25N3O2S/c1-14-5-4-8-20(11-14)12-15(2)19-23(21,22)13-17-7-3-6-16(9-17)10-18/h3,6-7,9,14-15,19H,4-5,8,11-13H2,1-2H3/t14-,15-/m0/s1. The van der Waals surface area contributed by atoms with Crippen LogP contribution in [0.15, 0.2) is 24.3 Å². The van der Waals surface area contributed by atoms with Crippen molar-refractivity contribution in [2.45, 2.75) is 38.5 Å². The maximum absolute atomic E-state index is 12.3. The fourth-order valence-corrected chi connectivity index (χ4v) is 4.56. The first-order valence-corrected chi connectivity index (χ1v) is 9.74. The number of piperidine rings is 1. The molecule has 0 spiro atoms. The number of benzene rings is 1. The molecule has 1 fully saturated rings. The molecular weight excluding hydrogens is 310 g/mol. The van der Waals surface area contributed by atoms with Crippen LogP contribution in [0, 0.1) is 17.2 Å². The van der Waals surface area contributed by atoms with Gasteiger partial charge in [-0.2, -0.15) is 5.26 Å². The summed E-state index contributed by atoms with van der Waals surface area (Å²) in [4.78, 5) is 2.33. The summed E-state index contributed by atoms with van der Waals surface area (Å²) < 4.78 is 27.4. The molecule has 0 unspecified atom stereocenters. The lowest BCUT2D eigenvalue weighted by molar-refractivity contribution is 0.174. The van der Waals surface area contributed by atoms with Gasteiger partial charge in [0.05, 0.1) is 17.4 Å². The molecule has 0 saturated carbocycles. The van der Waals surface area contributed by atoms with E-state index in [2.05, 4.69) is 16.5 Å². The molecule has 1 heterocycles. The van der Waals surface area contributed by atoms with Gasteiger partial charge < -0.3 is 4.90 Å². The lowest BCUT2D eigenvalue weighted by atomic mass is 10.00. The summed E-state index contributed by atoms with van der Waals surface area (Å²) in [6.45, 7) is 6.96. The molecule has 0 amide bonds. The van der Waals surface area contributed by atoms with Crippen molar-refractivity contribution in [2.75, 3.05) is 19.6 Å². The molecular formula is C17H25N3O2S. The summed E-state index contributed by atoms with van der Waals surface area (Å²) in [7, 11) is -3.41. The minimum absolute atomic E-state index is 0.0940. The number of sulfonamides is 1. The Kier molecular flexibility index (Phi) is 6.17. The van der Waals surface area contributed by atoms with Gasteiger partial charge in [0.2, 0.25) is 10.0 Å². The highest BCUT2D eigenvalue weighted by Gasteiger charge is 2.21. The van der Waals surface area contributed by atoms with Crippen molar-refractivity contribution < 1.29 is 8.42 Å². The number of hydrogen-bond donors (Lipinski definition) is 1. The van der Waals surface area contributed by atoms with E-state index in [9.17, 15) is 8.42 Å². The highest BCUT2D eigenvalue weighted by atomic mass is 32.2. The smallest absolute Gasteiger partial charge is 0.216 e. The first kappa shape index (κ1) is 17.9. The largest absolute Gasteiger partial charge is 0.301 e. The average Bonchev–Trinajstić information content (AvgIpc) is 2.46. The third-order valence-corrected chi connectivity index (χ3v) is 5.54. The van der Waals surface area contributed by atoms with Crippen molar-refractivity contribution in [1.29, 1.82) is 5.26 Å². The lowest BCUT2D eigenvalue weighted by Crippen LogP contribution is -2.45. The van der Waals surface area contributed by atoms with Crippen molar-refractivity contribution >= 4 is 10.0 Å². The summed E-state index contributed by atoms with van der Waals surface area (Å²) in [5.41, 5.74) is 1.11. The maximum atomic E-state index is 12.3. The zero-order valence-electron chi connectivity index (χ0n) is 13.8. The molecule has 2 rings (SSSR count). The van der Waals surface area contributed by atoms with E-state index < -0.39 is 10.0 Å². The predicted molar refractivity (Wildman–Crippen MR) is 91.2 cm³/mol. The topological polar surface area (TPSA) is 73.2 Å². The number of hydrogen-bond acceptors (Lipinski definition) is 4. The second-order valence-electron chi connectivity index (χ2n) is 6.60. The first-order valence-electron chi connectivity index (χ1n) is 8.09. The quantitative estimate of drug-likeness (QED) is 0.864. The number of nitrogens with zero attached hydrogens (tertiary/aromatic N) is 2.